The molecule has 76 valence electrons. The summed E-state index contributed by atoms with van der Waals surface area (Å²) in [5, 5.41) is 8.92. The smallest absolute Gasteiger partial charge is 0.353 e. The molecule has 2 atom stereocenters. The summed E-state index contributed by atoms with van der Waals surface area (Å²) >= 11 is 1.39. The molecule has 5 nitrogen and oxygen atoms in total. The van der Waals surface area contributed by atoms with Crippen molar-refractivity contribution in [2.45, 2.75) is 24.8 Å². The van der Waals surface area contributed by atoms with Crippen LogP contribution in [0.4, 0.5) is 0 Å². The Morgan fingerprint density at radius 2 is 2.43 bits per heavy atom. The van der Waals surface area contributed by atoms with Crippen molar-refractivity contribution in [3.63, 3.8) is 0 Å². The molecule has 0 spiro atoms. The summed E-state index contributed by atoms with van der Waals surface area (Å²) in [7, 11) is 0. The van der Waals surface area contributed by atoms with Crippen molar-refractivity contribution in [2.75, 3.05) is 0 Å². The molecule has 6 heteroatoms. The largest absolute Gasteiger partial charge is 0.477 e. The van der Waals surface area contributed by atoms with Gasteiger partial charge in [-0.1, -0.05) is 0 Å². The van der Waals surface area contributed by atoms with Crippen LogP contribution < -0.4 is 5.73 Å². The molecule has 3 N–H and O–H groups in total. The summed E-state index contributed by atoms with van der Waals surface area (Å²) in [5.74, 6) is -1.20. The third-order valence-corrected chi connectivity index (χ3v) is 3.73. The zero-order chi connectivity index (χ0) is 10.5. The first-order valence-electron chi connectivity index (χ1n) is 4.24. The molecule has 0 aliphatic carbocycles. The maximum atomic E-state index is 11.2. The number of nitrogens with two attached hydrogens (primary N) is 1. The third kappa shape index (κ3) is 1.14. The van der Waals surface area contributed by atoms with Crippen LogP contribution in [-0.2, 0) is 9.59 Å². The van der Waals surface area contributed by atoms with Crippen molar-refractivity contribution in [1.29, 1.82) is 0 Å². The van der Waals surface area contributed by atoms with Crippen LogP contribution in [0.1, 0.15) is 13.3 Å². The van der Waals surface area contributed by atoms with Gasteiger partial charge in [0.1, 0.15) is 5.70 Å². The predicted molar refractivity (Wildman–Crippen MR) is 51.2 cm³/mol. The van der Waals surface area contributed by atoms with E-state index < -0.39 is 5.97 Å². The van der Waals surface area contributed by atoms with Gasteiger partial charge < -0.3 is 10.8 Å². The molecule has 2 aliphatic heterocycles. The summed E-state index contributed by atoms with van der Waals surface area (Å²) in [4.78, 5) is 24.0. The summed E-state index contributed by atoms with van der Waals surface area (Å²) < 4.78 is 0. The highest BCUT2D eigenvalue weighted by molar-refractivity contribution is 8.04. The standard InChI is InChI=1S/C8H10N2O3S/c1-3(9)7-6(8(12)13)10-4(11)2-5(10)14-7/h3,5H,2,9H2,1H3,(H,12,13)/t3?,5-/m1/s1. The Hall–Kier alpha value is -1.01. The van der Waals surface area contributed by atoms with Crippen molar-refractivity contribution in [3.8, 4) is 0 Å². The Morgan fingerprint density at radius 1 is 1.79 bits per heavy atom. The highest BCUT2D eigenvalue weighted by Crippen LogP contribution is 2.46. The molecule has 1 unspecified atom stereocenters. The fourth-order valence-corrected chi connectivity index (χ4v) is 2.96. The lowest BCUT2D eigenvalue weighted by molar-refractivity contribution is -0.145. The van der Waals surface area contributed by atoms with E-state index in [1.807, 2.05) is 0 Å². The van der Waals surface area contributed by atoms with Crippen LogP contribution >= 0.6 is 11.8 Å². The molecule has 0 aromatic heterocycles. The summed E-state index contributed by atoms with van der Waals surface area (Å²) in [6.45, 7) is 1.72. The number of fused-ring (bicyclic) bond motifs is 1. The van der Waals surface area contributed by atoms with Crippen LogP contribution in [0, 0.1) is 0 Å². The fraction of sp³-hybridized carbons (Fsp3) is 0.500. The number of carboxylic acids is 1. The van der Waals surface area contributed by atoms with E-state index in [0.29, 0.717) is 11.3 Å². The van der Waals surface area contributed by atoms with Crippen LogP contribution in [0.2, 0.25) is 0 Å². The minimum atomic E-state index is -1.07. The minimum absolute atomic E-state index is 0.0328. The summed E-state index contributed by atoms with van der Waals surface area (Å²) in [5.41, 5.74) is 5.72. The molecule has 2 rings (SSSR count). The molecule has 14 heavy (non-hydrogen) atoms. The molecule has 2 heterocycles. The number of carbonyl (C=O) groups excluding carboxylic acids is 1. The number of aliphatic carboxylic acids is 1. The van der Waals surface area contributed by atoms with Gasteiger partial charge in [-0.25, -0.2) is 4.79 Å². The average Bonchev–Trinajstić information content (AvgIpc) is 2.37. The van der Waals surface area contributed by atoms with E-state index in [4.69, 9.17) is 10.8 Å². The van der Waals surface area contributed by atoms with E-state index in [2.05, 4.69) is 0 Å². The Bertz CT molecular complexity index is 350. The van der Waals surface area contributed by atoms with Crippen LogP contribution in [0.15, 0.2) is 10.6 Å². The lowest BCUT2D eigenvalue weighted by atomic mass is 10.1. The first kappa shape index (κ1) is 9.54. The Balaban J connectivity index is 2.38. The number of amides is 1. The van der Waals surface area contributed by atoms with E-state index in [1.165, 1.54) is 16.7 Å². The predicted octanol–water partition coefficient (Wildman–Crippen LogP) is -0.0650. The Kier molecular flexibility index (Phi) is 2.04. The van der Waals surface area contributed by atoms with Gasteiger partial charge in [-0.3, -0.25) is 9.69 Å². The molecule has 0 saturated carbocycles. The van der Waals surface area contributed by atoms with E-state index in [-0.39, 0.29) is 23.0 Å². The average molecular weight is 214 g/mol. The number of carbonyl (C=O) groups is 2. The summed E-state index contributed by atoms with van der Waals surface area (Å²) in [6.07, 6.45) is 0.414. The van der Waals surface area contributed by atoms with Gasteiger partial charge in [-0.2, -0.15) is 0 Å². The maximum absolute atomic E-state index is 11.2. The number of hydrogen-bond acceptors (Lipinski definition) is 4. The molecule has 0 bridgehead atoms. The van der Waals surface area contributed by atoms with Gasteiger partial charge in [0.2, 0.25) is 5.91 Å². The highest BCUT2D eigenvalue weighted by Gasteiger charge is 2.48. The second-order valence-corrected chi connectivity index (χ2v) is 4.57. The zero-order valence-electron chi connectivity index (χ0n) is 7.56. The SMILES string of the molecule is CC(N)C1=C(C(=O)O)N2C(=O)C[C@H]2S1. The van der Waals surface area contributed by atoms with E-state index in [1.54, 1.807) is 6.92 Å². The van der Waals surface area contributed by atoms with Gasteiger partial charge in [0.05, 0.1) is 11.8 Å². The van der Waals surface area contributed by atoms with Crippen molar-refractivity contribution >= 4 is 23.6 Å². The number of hydrogen-bond donors (Lipinski definition) is 2. The van der Waals surface area contributed by atoms with Gasteiger partial charge in [0.15, 0.2) is 0 Å². The molecule has 1 amide bonds. The topological polar surface area (TPSA) is 83.6 Å². The van der Waals surface area contributed by atoms with E-state index >= 15 is 0 Å². The van der Waals surface area contributed by atoms with E-state index in [9.17, 15) is 9.59 Å². The van der Waals surface area contributed by atoms with Gasteiger partial charge in [0, 0.05) is 10.9 Å². The molecular weight excluding hydrogens is 204 g/mol. The van der Waals surface area contributed by atoms with Gasteiger partial charge in [-0.05, 0) is 6.92 Å². The Labute approximate surface area is 84.9 Å². The maximum Gasteiger partial charge on any atom is 0.353 e. The van der Waals surface area contributed by atoms with Crippen LogP contribution in [0.25, 0.3) is 0 Å². The first-order valence-corrected chi connectivity index (χ1v) is 5.12. The molecular formula is C8H10N2O3S. The minimum Gasteiger partial charge on any atom is -0.477 e. The molecule has 1 fully saturated rings. The fourth-order valence-electron chi connectivity index (χ4n) is 1.60. The number of carboxylic acid groups (broad SMARTS) is 1. The number of rotatable bonds is 2. The van der Waals surface area contributed by atoms with Gasteiger partial charge >= 0.3 is 5.97 Å². The second kappa shape index (κ2) is 2.99. The lowest BCUT2D eigenvalue weighted by Crippen LogP contribution is -2.48. The Morgan fingerprint density at radius 3 is 2.86 bits per heavy atom. The number of thioether (sulfide) groups is 1. The van der Waals surface area contributed by atoms with Crippen molar-refractivity contribution in [1.82, 2.24) is 4.90 Å². The number of β-lactam (4-membered cyclic amide) rings is 1. The van der Waals surface area contributed by atoms with Gasteiger partial charge in [0.25, 0.3) is 0 Å². The summed E-state index contributed by atoms with van der Waals surface area (Å²) in [6, 6.07) is -0.329. The van der Waals surface area contributed by atoms with Crippen LogP contribution in [-0.4, -0.2) is 33.3 Å². The molecule has 0 aromatic rings. The highest BCUT2D eigenvalue weighted by atomic mass is 32.2. The van der Waals surface area contributed by atoms with Crippen molar-refractivity contribution < 1.29 is 14.7 Å². The number of nitrogens with zero attached hydrogens (tertiary/aromatic N) is 1. The van der Waals surface area contributed by atoms with Crippen molar-refractivity contribution in [2.24, 2.45) is 5.73 Å². The lowest BCUT2D eigenvalue weighted by Gasteiger charge is -2.33. The molecule has 0 radical (unpaired) electrons. The first-order chi connectivity index (χ1) is 6.52. The zero-order valence-corrected chi connectivity index (χ0v) is 8.37. The van der Waals surface area contributed by atoms with Gasteiger partial charge in [-0.15, -0.1) is 11.8 Å². The van der Waals surface area contributed by atoms with Crippen LogP contribution in [0.5, 0.6) is 0 Å². The molecule has 2 aliphatic rings. The monoisotopic (exact) mass is 214 g/mol. The second-order valence-electron chi connectivity index (χ2n) is 3.35. The quantitative estimate of drug-likeness (QED) is 0.629. The molecule has 0 aromatic carbocycles. The van der Waals surface area contributed by atoms with E-state index in [0.717, 1.165) is 0 Å². The van der Waals surface area contributed by atoms with Crippen molar-refractivity contribution in [3.05, 3.63) is 10.6 Å². The normalized spacial score (nSPS) is 27.4. The third-order valence-electron chi connectivity index (χ3n) is 2.26. The molecule has 1 saturated heterocycles. The van der Waals surface area contributed by atoms with Crippen LogP contribution in [0.3, 0.4) is 0 Å².